The smallest absolute Gasteiger partial charge is 0.0587 e. The van der Waals surface area contributed by atoms with E-state index in [0.717, 1.165) is 25.9 Å². The first-order valence-electron chi connectivity index (χ1n) is 4.19. The lowest BCUT2D eigenvalue weighted by atomic mass is 10.2. The highest BCUT2D eigenvalue weighted by Crippen LogP contribution is 2.00. The summed E-state index contributed by atoms with van der Waals surface area (Å²) >= 11 is 0. The Morgan fingerprint density at radius 2 is 2.50 bits per heavy atom. The molecule has 0 aliphatic carbocycles. The standard InChI is InChI=1S/C9H15N3/c1-2-6-12-8-9(7-11-12)4-3-5-10/h2,7-8H,1,3-6,10H2. The number of nitrogens with two attached hydrogens (primary N) is 1. The molecule has 1 heterocycles. The summed E-state index contributed by atoms with van der Waals surface area (Å²) in [5, 5.41) is 4.16. The van der Waals surface area contributed by atoms with Crippen molar-refractivity contribution in [1.29, 1.82) is 0 Å². The molecular weight excluding hydrogens is 150 g/mol. The van der Waals surface area contributed by atoms with Gasteiger partial charge in [0.05, 0.1) is 12.7 Å². The molecule has 0 atom stereocenters. The van der Waals surface area contributed by atoms with Gasteiger partial charge in [0, 0.05) is 6.20 Å². The van der Waals surface area contributed by atoms with Crippen molar-refractivity contribution in [3.8, 4) is 0 Å². The number of hydrogen-bond acceptors (Lipinski definition) is 2. The van der Waals surface area contributed by atoms with Crippen molar-refractivity contribution in [2.75, 3.05) is 6.54 Å². The molecule has 0 aromatic carbocycles. The molecule has 0 aliphatic heterocycles. The minimum atomic E-state index is 0.743. The maximum absolute atomic E-state index is 5.40. The fourth-order valence-electron chi connectivity index (χ4n) is 1.07. The maximum atomic E-state index is 5.40. The van der Waals surface area contributed by atoms with Crippen LogP contribution >= 0.6 is 0 Å². The molecule has 0 unspecified atom stereocenters. The Hall–Kier alpha value is -1.09. The third-order valence-corrected chi connectivity index (χ3v) is 1.67. The van der Waals surface area contributed by atoms with Crippen LogP contribution in [0.15, 0.2) is 25.0 Å². The highest BCUT2D eigenvalue weighted by atomic mass is 15.3. The monoisotopic (exact) mass is 165 g/mol. The van der Waals surface area contributed by atoms with E-state index >= 15 is 0 Å². The van der Waals surface area contributed by atoms with Gasteiger partial charge in [-0.2, -0.15) is 5.10 Å². The minimum absolute atomic E-state index is 0.743. The molecule has 0 saturated carbocycles. The molecule has 0 aliphatic rings. The van der Waals surface area contributed by atoms with Crippen LogP contribution in [-0.4, -0.2) is 16.3 Å². The van der Waals surface area contributed by atoms with Crippen molar-refractivity contribution in [1.82, 2.24) is 9.78 Å². The first kappa shape index (κ1) is 9.00. The minimum Gasteiger partial charge on any atom is -0.330 e. The second-order valence-corrected chi connectivity index (χ2v) is 2.75. The van der Waals surface area contributed by atoms with Crippen LogP contribution in [0.25, 0.3) is 0 Å². The van der Waals surface area contributed by atoms with Gasteiger partial charge in [0.2, 0.25) is 0 Å². The van der Waals surface area contributed by atoms with Crippen LogP contribution in [0.1, 0.15) is 12.0 Å². The number of rotatable bonds is 5. The average molecular weight is 165 g/mol. The van der Waals surface area contributed by atoms with Crippen LogP contribution in [0.4, 0.5) is 0 Å². The van der Waals surface area contributed by atoms with E-state index in [4.69, 9.17) is 5.73 Å². The Kier molecular flexibility index (Phi) is 3.54. The van der Waals surface area contributed by atoms with Gasteiger partial charge in [-0.15, -0.1) is 6.58 Å². The maximum Gasteiger partial charge on any atom is 0.0587 e. The number of hydrogen-bond donors (Lipinski definition) is 1. The second kappa shape index (κ2) is 4.72. The summed E-state index contributed by atoms with van der Waals surface area (Å²) in [5.41, 5.74) is 6.65. The molecule has 0 amide bonds. The Morgan fingerprint density at radius 3 is 3.17 bits per heavy atom. The molecular formula is C9H15N3. The van der Waals surface area contributed by atoms with Crippen molar-refractivity contribution < 1.29 is 0 Å². The zero-order valence-corrected chi connectivity index (χ0v) is 7.24. The highest BCUT2D eigenvalue weighted by Gasteiger charge is 1.95. The van der Waals surface area contributed by atoms with Gasteiger partial charge >= 0.3 is 0 Å². The predicted octanol–water partition coefficient (Wildman–Crippen LogP) is 0.960. The number of allylic oxidation sites excluding steroid dienone is 1. The summed E-state index contributed by atoms with van der Waals surface area (Å²) in [5.74, 6) is 0. The lowest BCUT2D eigenvalue weighted by Gasteiger charge is -1.93. The molecule has 0 saturated heterocycles. The zero-order valence-electron chi connectivity index (χ0n) is 7.24. The third-order valence-electron chi connectivity index (χ3n) is 1.67. The fraction of sp³-hybridized carbons (Fsp3) is 0.444. The van der Waals surface area contributed by atoms with Crippen LogP contribution < -0.4 is 5.73 Å². The third kappa shape index (κ3) is 2.51. The molecule has 3 heteroatoms. The van der Waals surface area contributed by atoms with E-state index < -0.39 is 0 Å². The van der Waals surface area contributed by atoms with Gasteiger partial charge in [-0.1, -0.05) is 6.08 Å². The van der Waals surface area contributed by atoms with Crippen molar-refractivity contribution in [3.63, 3.8) is 0 Å². The summed E-state index contributed by atoms with van der Waals surface area (Å²) in [6.07, 6.45) is 7.81. The SMILES string of the molecule is C=CCn1cc(CCCN)cn1. The first-order chi connectivity index (χ1) is 5.86. The first-order valence-corrected chi connectivity index (χ1v) is 4.19. The van der Waals surface area contributed by atoms with E-state index in [1.54, 1.807) is 0 Å². The van der Waals surface area contributed by atoms with Crippen molar-refractivity contribution in [3.05, 3.63) is 30.6 Å². The fourth-order valence-corrected chi connectivity index (χ4v) is 1.07. The lowest BCUT2D eigenvalue weighted by Crippen LogP contribution is -1.99. The largest absolute Gasteiger partial charge is 0.330 e. The summed E-state index contributed by atoms with van der Waals surface area (Å²) in [7, 11) is 0. The molecule has 0 bridgehead atoms. The van der Waals surface area contributed by atoms with Crippen molar-refractivity contribution in [2.24, 2.45) is 5.73 Å². The molecule has 12 heavy (non-hydrogen) atoms. The summed E-state index contributed by atoms with van der Waals surface area (Å²) < 4.78 is 1.87. The molecule has 0 spiro atoms. The van der Waals surface area contributed by atoms with Gasteiger partial charge in [0.15, 0.2) is 0 Å². The van der Waals surface area contributed by atoms with E-state index in [9.17, 15) is 0 Å². The number of nitrogens with zero attached hydrogens (tertiary/aromatic N) is 2. The molecule has 1 aromatic heterocycles. The molecule has 0 fully saturated rings. The molecule has 1 rings (SSSR count). The van der Waals surface area contributed by atoms with Crippen LogP contribution in [0.5, 0.6) is 0 Å². The van der Waals surface area contributed by atoms with E-state index in [1.807, 2.05) is 23.2 Å². The van der Waals surface area contributed by atoms with Gasteiger partial charge in [-0.25, -0.2) is 0 Å². The summed E-state index contributed by atoms with van der Waals surface area (Å²) in [6.45, 7) is 5.17. The summed E-state index contributed by atoms with van der Waals surface area (Å²) in [4.78, 5) is 0. The summed E-state index contributed by atoms with van der Waals surface area (Å²) in [6, 6.07) is 0. The molecule has 1 aromatic rings. The van der Waals surface area contributed by atoms with E-state index in [1.165, 1.54) is 5.56 Å². The van der Waals surface area contributed by atoms with Gasteiger partial charge in [-0.05, 0) is 24.9 Å². The van der Waals surface area contributed by atoms with Gasteiger partial charge < -0.3 is 5.73 Å². The van der Waals surface area contributed by atoms with Crippen LogP contribution in [0.2, 0.25) is 0 Å². The Balaban J connectivity index is 2.46. The lowest BCUT2D eigenvalue weighted by molar-refractivity contribution is 0.701. The van der Waals surface area contributed by atoms with Crippen LogP contribution in [0.3, 0.4) is 0 Å². The highest BCUT2D eigenvalue weighted by molar-refractivity contribution is 5.04. The van der Waals surface area contributed by atoms with E-state index in [2.05, 4.69) is 11.7 Å². The number of aromatic nitrogens is 2. The number of aryl methyl sites for hydroxylation is 1. The second-order valence-electron chi connectivity index (χ2n) is 2.75. The molecule has 66 valence electrons. The predicted molar refractivity (Wildman–Crippen MR) is 49.8 cm³/mol. The van der Waals surface area contributed by atoms with Crippen LogP contribution in [-0.2, 0) is 13.0 Å². The molecule has 3 nitrogen and oxygen atoms in total. The average Bonchev–Trinajstić information content (AvgIpc) is 2.50. The zero-order chi connectivity index (χ0) is 8.81. The quantitative estimate of drug-likeness (QED) is 0.660. The van der Waals surface area contributed by atoms with E-state index in [-0.39, 0.29) is 0 Å². The van der Waals surface area contributed by atoms with Crippen molar-refractivity contribution >= 4 is 0 Å². The molecule has 0 radical (unpaired) electrons. The van der Waals surface area contributed by atoms with E-state index in [0.29, 0.717) is 0 Å². The Morgan fingerprint density at radius 1 is 1.67 bits per heavy atom. The molecule has 2 N–H and O–H groups in total. The Labute approximate surface area is 72.9 Å². The van der Waals surface area contributed by atoms with Gasteiger partial charge in [-0.3, -0.25) is 4.68 Å². The van der Waals surface area contributed by atoms with Gasteiger partial charge in [0.1, 0.15) is 0 Å². The van der Waals surface area contributed by atoms with Crippen LogP contribution in [0, 0.1) is 0 Å². The topological polar surface area (TPSA) is 43.8 Å². The normalized spacial score (nSPS) is 10.1. The van der Waals surface area contributed by atoms with Crippen molar-refractivity contribution in [2.45, 2.75) is 19.4 Å². The van der Waals surface area contributed by atoms with Gasteiger partial charge in [0.25, 0.3) is 0 Å². The Bertz CT molecular complexity index is 240.